The van der Waals surface area contributed by atoms with E-state index in [0.29, 0.717) is 43.6 Å². The lowest BCUT2D eigenvalue weighted by Gasteiger charge is -2.15. The number of nitrogens with one attached hydrogen (secondary N) is 2. The molecular formula is C28H25ClIN3O4. The molecule has 0 bridgehead atoms. The van der Waals surface area contributed by atoms with Gasteiger partial charge in [-0.2, -0.15) is 5.26 Å². The van der Waals surface area contributed by atoms with Crippen molar-refractivity contribution < 1.29 is 19.1 Å². The number of hydrogen-bond acceptors (Lipinski definition) is 5. The Morgan fingerprint density at radius 2 is 1.70 bits per heavy atom. The first-order chi connectivity index (χ1) is 17.7. The highest BCUT2D eigenvalue weighted by Crippen LogP contribution is 2.35. The average molecular weight is 630 g/mol. The van der Waals surface area contributed by atoms with Gasteiger partial charge in [0.25, 0.3) is 11.8 Å². The Morgan fingerprint density at radius 1 is 1.00 bits per heavy atom. The summed E-state index contributed by atoms with van der Waals surface area (Å²) in [5.41, 5.74) is 3.91. The Hall–Kier alpha value is -3.55. The van der Waals surface area contributed by atoms with Crippen LogP contribution in [0.15, 0.2) is 60.2 Å². The van der Waals surface area contributed by atoms with E-state index in [9.17, 15) is 14.9 Å². The number of carbonyl (C=O) groups excluding carboxylic acids is 2. The van der Waals surface area contributed by atoms with Gasteiger partial charge >= 0.3 is 0 Å². The van der Waals surface area contributed by atoms with Gasteiger partial charge in [0, 0.05) is 16.4 Å². The first kappa shape index (κ1) is 28.0. The zero-order chi connectivity index (χ0) is 26.9. The summed E-state index contributed by atoms with van der Waals surface area (Å²) in [5, 5.41) is 15.6. The summed E-state index contributed by atoms with van der Waals surface area (Å²) in [7, 11) is 0. The van der Waals surface area contributed by atoms with E-state index in [1.54, 1.807) is 36.4 Å². The molecule has 0 unspecified atom stereocenters. The van der Waals surface area contributed by atoms with Crippen LogP contribution in [0.25, 0.3) is 6.08 Å². The fourth-order valence-electron chi connectivity index (χ4n) is 3.28. The third-order valence-corrected chi connectivity index (χ3v) is 6.30. The van der Waals surface area contributed by atoms with Gasteiger partial charge in [-0.1, -0.05) is 17.7 Å². The van der Waals surface area contributed by atoms with Gasteiger partial charge in [0.15, 0.2) is 18.1 Å². The van der Waals surface area contributed by atoms with E-state index < -0.39 is 5.91 Å². The predicted octanol–water partition coefficient (Wildman–Crippen LogP) is 6.52. The quantitative estimate of drug-likeness (QED) is 0.159. The fourth-order valence-corrected chi connectivity index (χ4v) is 4.18. The van der Waals surface area contributed by atoms with Crippen LogP contribution < -0.4 is 20.1 Å². The molecule has 0 saturated carbocycles. The summed E-state index contributed by atoms with van der Waals surface area (Å²) >= 11 is 7.94. The minimum atomic E-state index is -0.555. The summed E-state index contributed by atoms with van der Waals surface area (Å²) in [6.07, 6.45) is 1.46. The summed E-state index contributed by atoms with van der Waals surface area (Å²) < 4.78 is 12.2. The van der Waals surface area contributed by atoms with Crippen molar-refractivity contribution in [3.8, 4) is 17.6 Å². The van der Waals surface area contributed by atoms with Gasteiger partial charge in [-0.25, -0.2) is 0 Å². The van der Waals surface area contributed by atoms with Gasteiger partial charge in [0.1, 0.15) is 11.6 Å². The Bertz CT molecular complexity index is 1380. The SMILES string of the molecule is CCOc1cc(/C=C(/C#N)C(=O)Nc2ccc(Cl)cc2)cc(I)c1OCC(=O)Nc1ccc(C)c(C)c1. The molecule has 9 heteroatoms. The van der Waals surface area contributed by atoms with Crippen LogP contribution in [0, 0.1) is 28.7 Å². The van der Waals surface area contributed by atoms with Crippen molar-refractivity contribution in [2.45, 2.75) is 20.8 Å². The molecule has 3 rings (SSSR count). The summed E-state index contributed by atoms with van der Waals surface area (Å²) in [4.78, 5) is 25.1. The van der Waals surface area contributed by atoms with E-state index in [1.165, 1.54) is 6.08 Å². The molecule has 0 heterocycles. The first-order valence-electron chi connectivity index (χ1n) is 11.3. The highest BCUT2D eigenvalue weighted by Gasteiger charge is 2.16. The zero-order valence-electron chi connectivity index (χ0n) is 20.5. The van der Waals surface area contributed by atoms with Crippen LogP contribution in [0.5, 0.6) is 11.5 Å². The van der Waals surface area contributed by atoms with E-state index >= 15 is 0 Å². The standard InChI is InChI=1S/C28H25ClIN3O4/c1-4-36-25-14-19(12-20(15-31)28(35)33-22-9-6-21(29)7-10-22)13-24(30)27(25)37-16-26(34)32-23-8-5-17(2)18(3)11-23/h5-14H,4,16H2,1-3H3,(H,32,34)(H,33,35)/b20-12-. The highest BCUT2D eigenvalue weighted by atomic mass is 127. The normalized spacial score (nSPS) is 10.9. The van der Waals surface area contributed by atoms with Crippen molar-refractivity contribution in [2.75, 3.05) is 23.8 Å². The summed E-state index contributed by atoms with van der Waals surface area (Å²) in [6, 6.07) is 17.6. The molecular weight excluding hydrogens is 605 g/mol. The maximum Gasteiger partial charge on any atom is 0.266 e. The number of nitrogens with zero attached hydrogens (tertiary/aromatic N) is 1. The van der Waals surface area contributed by atoms with Crippen molar-refractivity contribution in [1.82, 2.24) is 0 Å². The lowest BCUT2D eigenvalue weighted by Crippen LogP contribution is -2.20. The molecule has 0 atom stereocenters. The zero-order valence-corrected chi connectivity index (χ0v) is 23.4. The number of amides is 2. The number of hydrogen-bond donors (Lipinski definition) is 2. The van der Waals surface area contributed by atoms with Crippen LogP contribution in [0.1, 0.15) is 23.6 Å². The Kier molecular flexibility index (Phi) is 9.94. The molecule has 37 heavy (non-hydrogen) atoms. The van der Waals surface area contributed by atoms with Crippen LogP contribution in [-0.2, 0) is 9.59 Å². The Labute approximate surface area is 234 Å². The second-order valence-electron chi connectivity index (χ2n) is 8.03. The van der Waals surface area contributed by atoms with Crippen LogP contribution in [0.2, 0.25) is 5.02 Å². The number of rotatable bonds is 9. The largest absolute Gasteiger partial charge is 0.490 e. The molecule has 0 spiro atoms. The maximum atomic E-state index is 12.6. The number of ether oxygens (including phenoxy) is 2. The van der Waals surface area contributed by atoms with Crippen molar-refractivity contribution in [3.63, 3.8) is 0 Å². The number of anilines is 2. The van der Waals surface area contributed by atoms with E-state index in [4.69, 9.17) is 21.1 Å². The topological polar surface area (TPSA) is 100 Å². The highest BCUT2D eigenvalue weighted by molar-refractivity contribution is 14.1. The molecule has 0 saturated heterocycles. The number of aryl methyl sites for hydroxylation is 2. The van der Waals surface area contributed by atoms with Crippen molar-refractivity contribution in [2.24, 2.45) is 0 Å². The molecule has 3 aromatic carbocycles. The third kappa shape index (κ3) is 7.97. The van der Waals surface area contributed by atoms with Crippen molar-refractivity contribution in [3.05, 3.63) is 85.5 Å². The molecule has 190 valence electrons. The summed E-state index contributed by atoms with van der Waals surface area (Å²) in [6.45, 7) is 5.95. The molecule has 0 aliphatic carbocycles. The summed E-state index contributed by atoms with van der Waals surface area (Å²) in [5.74, 6) is -0.0637. The van der Waals surface area contributed by atoms with Gasteiger partial charge in [-0.05, 0) is 115 Å². The molecule has 2 N–H and O–H groups in total. The molecule has 0 aliphatic heterocycles. The first-order valence-corrected chi connectivity index (χ1v) is 12.8. The lowest BCUT2D eigenvalue weighted by molar-refractivity contribution is -0.118. The number of benzene rings is 3. The minimum Gasteiger partial charge on any atom is -0.490 e. The maximum absolute atomic E-state index is 12.6. The van der Waals surface area contributed by atoms with E-state index in [0.717, 1.165) is 11.1 Å². The van der Waals surface area contributed by atoms with E-state index in [-0.39, 0.29) is 18.1 Å². The fraction of sp³-hybridized carbons (Fsp3) is 0.179. The van der Waals surface area contributed by atoms with E-state index in [1.807, 2.05) is 45.0 Å². The van der Waals surface area contributed by atoms with Crippen LogP contribution >= 0.6 is 34.2 Å². The number of nitriles is 1. The van der Waals surface area contributed by atoms with Crippen molar-refractivity contribution in [1.29, 1.82) is 5.26 Å². The molecule has 3 aromatic rings. The molecule has 0 fully saturated rings. The molecule has 7 nitrogen and oxygen atoms in total. The smallest absolute Gasteiger partial charge is 0.266 e. The minimum absolute atomic E-state index is 0.0883. The Balaban J connectivity index is 1.76. The Morgan fingerprint density at radius 3 is 2.35 bits per heavy atom. The number of halogens is 2. The van der Waals surface area contributed by atoms with Crippen molar-refractivity contribution >= 4 is 63.5 Å². The monoisotopic (exact) mass is 629 g/mol. The van der Waals surface area contributed by atoms with Gasteiger partial charge in [0.05, 0.1) is 10.2 Å². The molecule has 0 aromatic heterocycles. The lowest BCUT2D eigenvalue weighted by atomic mass is 10.1. The van der Waals surface area contributed by atoms with E-state index in [2.05, 4.69) is 33.2 Å². The number of carbonyl (C=O) groups is 2. The van der Waals surface area contributed by atoms with Gasteiger partial charge in [-0.3, -0.25) is 9.59 Å². The van der Waals surface area contributed by atoms with Crippen LogP contribution in [-0.4, -0.2) is 25.0 Å². The molecule has 2 amide bonds. The van der Waals surface area contributed by atoms with Gasteiger partial charge in [-0.15, -0.1) is 0 Å². The average Bonchev–Trinajstić information content (AvgIpc) is 2.85. The van der Waals surface area contributed by atoms with Gasteiger partial charge in [0.2, 0.25) is 0 Å². The molecule has 0 radical (unpaired) electrons. The molecule has 0 aliphatic rings. The van der Waals surface area contributed by atoms with Crippen LogP contribution in [0.3, 0.4) is 0 Å². The second kappa shape index (κ2) is 13.1. The predicted molar refractivity (Wildman–Crippen MR) is 154 cm³/mol. The third-order valence-electron chi connectivity index (χ3n) is 5.25. The second-order valence-corrected chi connectivity index (χ2v) is 9.63. The van der Waals surface area contributed by atoms with Crippen LogP contribution in [0.4, 0.5) is 11.4 Å². The van der Waals surface area contributed by atoms with Gasteiger partial charge < -0.3 is 20.1 Å².